The topological polar surface area (TPSA) is 104 Å². The van der Waals surface area contributed by atoms with E-state index in [1.165, 1.54) is 0 Å². The molecule has 1 amide bonds. The molecule has 0 aliphatic carbocycles. The molecule has 0 atom stereocenters. The van der Waals surface area contributed by atoms with Crippen LogP contribution in [0.15, 0.2) is 67.1 Å². The van der Waals surface area contributed by atoms with E-state index in [2.05, 4.69) is 20.3 Å². The van der Waals surface area contributed by atoms with Crippen LogP contribution in [-0.2, 0) is 0 Å². The van der Waals surface area contributed by atoms with E-state index in [1.54, 1.807) is 42.1 Å². The Kier molecular flexibility index (Phi) is 4.00. The number of hydroxylamine groups is 1. The second-order valence-electron chi connectivity index (χ2n) is 5.48. The minimum absolute atomic E-state index is 0.346. The molecule has 8 nitrogen and oxygen atoms in total. The minimum atomic E-state index is -0.567. The highest BCUT2D eigenvalue weighted by molar-refractivity contribution is 5.93. The fourth-order valence-corrected chi connectivity index (χ4v) is 2.58. The number of fused-ring (bicyclic) bond motifs is 1. The minimum Gasteiger partial charge on any atom is -0.324 e. The number of rotatable bonds is 4. The van der Waals surface area contributed by atoms with E-state index in [-0.39, 0.29) is 0 Å². The Bertz CT molecular complexity index is 1070. The molecule has 3 heterocycles. The smallest absolute Gasteiger partial charge is 0.274 e. The number of carbonyl (C=O) groups excluding carboxylic acids is 1. The second kappa shape index (κ2) is 6.61. The van der Waals surface area contributed by atoms with Gasteiger partial charge in [0.25, 0.3) is 5.91 Å². The molecule has 0 aliphatic heterocycles. The first kappa shape index (κ1) is 15.7. The first-order valence-electron chi connectivity index (χ1n) is 7.81. The van der Waals surface area contributed by atoms with Crippen molar-refractivity contribution >= 4 is 23.2 Å². The Balaban J connectivity index is 1.61. The molecule has 0 unspecified atom stereocenters. The SMILES string of the molecule is O=C(NO)c1ccc(Nc2nccc(-c3cnc4ccccn34)n2)cc1. The molecule has 0 radical (unpaired) electrons. The summed E-state index contributed by atoms with van der Waals surface area (Å²) in [7, 11) is 0. The van der Waals surface area contributed by atoms with Crippen molar-refractivity contribution in [1.82, 2.24) is 24.8 Å². The molecule has 0 saturated heterocycles. The molecular formula is C18H14N6O2. The maximum atomic E-state index is 11.4. The number of nitrogens with one attached hydrogen (secondary N) is 2. The highest BCUT2D eigenvalue weighted by Crippen LogP contribution is 2.21. The standard InChI is InChI=1S/C18H14N6O2/c25-17(23-26)12-4-6-13(7-5-12)21-18-19-9-8-14(22-18)15-11-20-16-3-1-2-10-24(15)16/h1-11,26H,(H,23,25)(H,19,21,22). The summed E-state index contributed by atoms with van der Waals surface area (Å²) >= 11 is 0. The van der Waals surface area contributed by atoms with Gasteiger partial charge >= 0.3 is 0 Å². The predicted octanol–water partition coefficient (Wildman–Crippen LogP) is 2.65. The lowest BCUT2D eigenvalue weighted by Gasteiger charge is -2.07. The molecule has 3 aromatic heterocycles. The molecule has 8 heteroatoms. The van der Waals surface area contributed by atoms with Crippen LogP contribution in [0.25, 0.3) is 17.0 Å². The van der Waals surface area contributed by atoms with Gasteiger partial charge in [-0.25, -0.2) is 20.4 Å². The lowest BCUT2D eigenvalue weighted by atomic mass is 10.2. The number of hydrogen-bond donors (Lipinski definition) is 3. The van der Waals surface area contributed by atoms with E-state index in [1.807, 2.05) is 34.9 Å². The van der Waals surface area contributed by atoms with Crippen LogP contribution in [0.3, 0.4) is 0 Å². The first-order chi connectivity index (χ1) is 12.7. The van der Waals surface area contributed by atoms with Crippen LogP contribution in [0, 0.1) is 0 Å². The van der Waals surface area contributed by atoms with Gasteiger partial charge in [0.2, 0.25) is 5.95 Å². The summed E-state index contributed by atoms with van der Waals surface area (Å²) in [6.45, 7) is 0. The van der Waals surface area contributed by atoms with E-state index in [0.717, 1.165) is 22.7 Å². The van der Waals surface area contributed by atoms with Gasteiger partial charge in [-0.2, -0.15) is 0 Å². The van der Waals surface area contributed by atoms with Gasteiger partial charge in [-0.1, -0.05) is 6.07 Å². The molecule has 26 heavy (non-hydrogen) atoms. The fraction of sp³-hybridized carbons (Fsp3) is 0. The maximum Gasteiger partial charge on any atom is 0.274 e. The normalized spacial score (nSPS) is 10.7. The number of amides is 1. The summed E-state index contributed by atoms with van der Waals surface area (Å²) in [5.41, 5.74) is 5.10. The van der Waals surface area contributed by atoms with Crippen molar-refractivity contribution in [3.8, 4) is 11.4 Å². The number of aromatic nitrogens is 4. The Morgan fingerprint density at radius 1 is 1.04 bits per heavy atom. The quantitative estimate of drug-likeness (QED) is 0.388. The third-order valence-electron chi connectivity index (χ3n) is 3.84. The molecule has 0 aliphatic rings. The summed E-state index contributed by atoms with van der Waals surface area (Å²) in [4.78, 5) is 24.5. The second-order valence-corrected chi connectivity index (χ2v) is 5.48. The van der Waals surface area contributed by atoms with Gasteiger partial charge in [0, 0.05) is 23.6 Å². The average Bonchev–Trinajstić information content (AvgIpc) is 3.12. The van der Waals surface area contributed by atoms with E-state index in [4.69, 9.17) is 5.21 Å². The van der Waals surface area contributed by atoms with E-state index in [0.29, 0.717) is 11.5 Å². The van der Waals surface area contributed by atoms with E-state index in [9.17, 15) is 4.79 Å². The van der Waals surface area contributed by atoms with Gasteiger partial charge in [0.15, 0.2) is 0 Å². The zero-order valence-electron chi connectivity index (χ0n) is 13.5. The first-order valence-corrected chi connectivity index (χ1v) is 7.81. The Morgan fingerprint density at radius 3 is 2.69 bits per heavy atom. The number of benzene rings is 1. The lowest BCUT2D eigenvalue weighted by Crippen LogP contribution is -2.18. The molecule has 3 N–H and O–H groups in total. The van der Waals surface area contributed by atoms with Gasteiger partial charge < -0.3 is 5.32 Å². The molecule has 0 spiro atoms. The number of carbonyl (C=O) groups is 1. The molecule has 0 saturated carbocycles. The van der Waals surface area contributed by atoms with Crippen LogP contribution in [-0.4, -0.2) is 30.5 Å². The van der Waals surface area contributed by atoms with E-state index < -0.39 is 5.91 Å². The van der Waals surface area contributed by atoms with E-state index >= 15 is 0 Å². The van der Waals surface area contributed by atoms with Crippen molar-refractivity contribution in [2.75, 3.05) is 5.32 Å². The van der Waals surface area contributed by atoms with Gasteiger partial charge in [-0.05, 0) is 42.5 Å². The highest BCUT2D eigenvalue weighted by Gasteiger charge is 2.09. The van der Waals surface area contributed by atoms with Crippen molar-refractivity contribution < 1.29 is 10.0 Å². The Hall–Kier alpha value is -3.78. The lowest BCUT2D eigenvalue weighted by molar-refractivity contribution is 0.0706. The van der Waals surface area contributed by atoms with Crippen LogP contribution in [0.5, 0.6) is 0 Å². The molecule has 128 valence electrons. The van der Waals surface area contributed by atoms with Gasteiger partial charge in [-0.3, -0.25) is 14.4 Å². The summed E-state index contributed by atoms with van der Waals surface area (Å²) < 4.78 is 1.95. The van der Waals surface area contributed by atoms with Crippen LogP contribution >= 0.6 is 0 Å². The molecule has 1 aromatic carbocycles. The summed E-state index contributed by atoms with van der Waals surface area (Å²) in [5, 5.41) is 11.7. The number of nitrogens with zero attached hydrogens (tertiary/aromatic N) is 4. The molecule has 0 bridgehead atoms. The summed E-state index contributed by atoms with van der Waals surface area (Å²) in [5.74, 6) is -0.143. The van der Waals surface area contributed by atoms with Crippen molar-refractivity contribution in [1.29, 1.82) is 0 Å². The molecule has 0 fully saturated rings. The number of pyridine rings is 1. The molecule has 4 aromatic rings. The van der Waals surface area contributed by atoms with Crippen LogP contribution < -0.4 is 10.8 Å². The number of imidazole rings is 1. The molecular weight excluding hydrogens is 332 g/mol. The average molecular weight is 346 g/mol. The van der Waals surface area contributed by atoms with Crippen LogP contribution in [0.4, 0.5) is 11.6 Å². The van der Waals surface area contributed by atoms with Crippen LogP contribution in [0.1, 0.15) is 10.4 Å². The highest BCUT2D eigenvalue weighted by atomic mass is 16.5. The van der Waals surface area contributed by atoms with Gasteiger partial charge in [-0.15, -0.1) is 0 Å². The predicted molar refractivity (Wildman–Crippen MR) is 95.2 cm³/mol. The zero-order valence-corrected chi connectivity index (χ0v) is 13.5. The van der Waals surface area contributed by atoms with Crippen molar-refractivity contribution in [3.63, 3.8) is 0 Å². The van der Waals surface area contributed by atoms with Crippen LogP contribution in [0.2, 0.25) is 0 Å². The summed E-state index contributed by atoms with van der Waals surface area (Å²) in [6, 6.07) is 14.2. The maximum absolute atomic E-state index is 11.4. The molecule has 4 rings (SSSR count). The third kappa shape index (κ3) is 2.96. The monoisotopic (exact) mass is 346 g/mol. The van der Waals surface area contributed by atoms with Crippen molar-refractivity contribution in [3.05, 3.63) is 72.7 Å². The Morgan fingerprint density at radius 2 is 1.88 bits per heavy atom. The van der Waals surface area contributed by atoms with Crippen molar-refractivity contribution in [2.24, 2.45) is 0 Å². The summed E-state index contributed by atoms with van der Waals surface area (Å²) in [6.07, 6.45) is 5.36. The number of hydrogen-bond acceptors (Lipinski definition) is 6. The zero-order chi connectivity index (χ0) is 17.9. The van der Waals surface area contributed by atoms with Crippen molar-refractivity contribution in [2.45, 2.75) is 0 Å². The largest absolute Gasteiger partial charge is 0.324 e. The number of anilines is 2. The Labute approximate surface area is 148 Å². The van der Waals surface area contributed by atoms with Gasteiger partial charge in [0.05, 0.1) is 17.6 Å². The fourth-order valence-electron chi connectivity index (χ4n) is 2.58. The van der Waals surface area contributed by atoms with Gasteiger partial charge in [0.1, 0.15) is 5.65 Å². The third-order valence-corrected chi connectivity index (χ3v) is 3.84.